The van der Waals surface area contributed by atoms with Crippen LogP contribution >= 0.6 is 0 Å². The quantitative estimate of drug-likeness (QED) is 0.472. The Morgan fingerprint density at radius 2 is 1.82 bits per heavy atom. The van der Waals surface area contributed by atoms with Crippen LogP contribution in [0.1, 0.15) is 7.43 Å². The van der Waals surface area contributed by atoms with Gasteiger partial charge in [0.05, 0.1) is 16.6 Å². The van der Waals surface area contributed by atoms with Crippen molar-refractivity contribution >= 4 is 43.7 Å². The van der Waals surface area contributed by atoms with Crippen LogP contribution in [0.25, 0.3) is 43.7 Å². The van der Waals surface area contributed by atoms with Crippen LogP contribution in [0.15, 0.2) is 43.1 Å². The fraction of sp³-hybridized carbons (Fsp3) is 0.118. The molecule has 108 valence electrons. The smallest absolute Gasteiger partial charge is 0.141 e. The van der Waals surface area contributed by atoms with Crippen molar-refractivity contribution in [2.24, 2.45) is 7.05 Å². The molecular formula is C17H15N5. The average molecular weight is 289 g/mol. The topological polar surface area (TPSA) is 59.4 Å². The number of aromatic amines is 1. The van der Waals surface area contributed by atoms with Crippen LogP contribution in [-0.2, 0) is 7.05 Å². The zero-order valence-corrected chi connectivity index (χ0v) is 11.3. The summed E-state index contributed by atoms with van der Waals surface area (Å²) in [5.74, 6) is 0. The van der Waals surface area contributed by atoms with E-state index < -0.39 is 0 Å². The third-order valence-electron chi connectivity index (χ3n) is 4.22. The number of aromatic nitrogens is 5. The summed E-state index contributed by atoms with van der Waals surface area (Å²) in [6.45, 7) is 0. The van der Waals surface area contributed by atoms with E-state index in [2.05, 4.69) is 43.7 Å². The van der Waals surface area contributed by atoms with Gasteiger partial charge in [0.2, 0.25) is 0 Å². The highest BCUT2D eigenvalue weighted by molar-refractivity contribution is 6.23. The van der Waals surface area contributed by atoms with Gasteiger partial charge in [-0.25, -0.2) is 9.97 Å². The second-order valence-electron chi connectivity index (χ2n) is 5.24. The molecule has 4 aromatic heterocycles. The molecule has 0 saturated carbocycles. The van der Waals surface area contributed by atoms with E-state index in [0.29, 0.717) is 0 Å². The summed E-state index contributed by atoms with van der Waals surface area (Å²) < 4.78 is 2.20. The van der Waals surface area contributed by atoms with Gasteiger partial charge in [0, 0.05) is 47.2 Å². The molecule has 4 heterocycles. The molecule has 0 radical (unpaired) electrons. The van der Waals surface area contributed by atoms with E-state index in [-0.39, 0.29) is 7.43 Å². The summed E-state index contributed by atoms with van der Waals surface area (Å²) in [6, 6.07) is 6.33. The lowest BCUT2D eigenvalue weighted by Gasteiger charge is -1.97. The highest BCUT2D eigenvalue weighted by Crippen LogP contribution is 2.35. The summed E-state index contributed by atoms with van der Waals surface area (Å²) in [4.78, 5) is 16.2. The van der Waals surface area contributed by atoms with E-state index in [0.717, 1.165) is 27.3 Å². The van der Waals surface area contributed by atoms with Gasteiger partial charge in [-0.2, -0.15) is 0 Å². The number of rotatable bonds is 0. The third kappa shape index (κ3) is 1.40. The predicted molar refractivity (Wildman–Crippen MR) is 89.9 cm³/mol. The Bertz CT molecular complexity index is 1150. The summed E-state index contributed by atoms with van der Waals surface area (Å²) in [6.07, 6.45) is 7.18. The lowest BCUT2D eigenvalue weighted by atomic mass is 10.1. The SMILES string of the molecule is C.Cn1c2ccncc2c2c3[nH]c4ncncc4c3ccc21. The van der Waals surface area contributed by atoms with Gasteiger partial charge in [-0.1, -0.05) is 7.43 Å². The molecule has 0 bridgehead atoms. The monoisotopic (exact) mass is 289 g/mol. The van der Waals surface area contributed by atoms with Crippen molar-refractivity contribution < 1.29 is 0 Å². The van der Waals surface area contributed by atoms with E-state index in [9.17, 15) is 0 Å². The fourth-order valence-electron chi connectivity index (χ4n) is 3.24. The zero-order chi connectivity index (χ0) is 14.0. The van der Waals surface area contributed by atoms with Crippen molar-refractivity contribution in [2.75, 3.05) is 0 Å². The number of H-pyrrole nitrogens is 1. The standard InChI is InChI=1S/C16H11N5.CH4/c1-21-12-4-5-17-7-11(12)14-13(21)3-2-9-10-6-18-8-19-16(10)20-15(9)14;/h2-8H,1H3,(H,18,19,20);1H4. The molecule has 0 spiro atoms. The molecule has 0 aliphatic carbocycles. The van der Waals surface area contributed by atoms with Gasteiger partial charge in [-0.3, -0.25) is 4.98 Å². The van der Waals surface area contributed by atoms with Crippen LogP contribution in [0.5, 0.6) is 0 Å². The van der Waals surface area contributed by atoms with Gasteiger partial charge >= 0.3 is 0 Å². The lowest BCUT2D eigenvalue weighted by molar-refractivity contribution is 1.01. The maximum absolute atomic E-state index is 4.32. The maximum atomic E-state index is 4.32. The molecule has 5 rings (SSSR count). The molecule has 1 aromatic carbocycles. The Morgan fingerprint density at radius 3 is 2.73 bits per heavy atom. The highest BCUT2D eigenvalue weighted by atomic mass is 15.0. The summed E-state index contributed by atoms with van der Waals surface area (Å²) in [5, 5.41) is 4.54. The molecule has 22 heavy (non-hydrogen) atoms. The molecule has 0 atom stereocenters. The molecule has 0 amide bonds. The maximum Gasteiger partial charge on any atom is 0.141 e. The van der Waals surface area contributed by atoms with Crippen molar-refractivity contribution in [3.63, 3.8) is 0 Å². The van der Waals surface area contributed by atoms with Crippen LogP contribution in [-0.4, -0.2) is 24.5 Å². The third-order valence-corrected chi connectivity index (χ3v) is 4.22. The molecule has 0 saturated heterocycles. The minimum Gasteiger partial charge on any atom is -0.343 e. The fourth-order valence-corrected chi connectivity index (χ4v) is 3.24. The molecule has 0 aliphatic heterocycles. The van der Waals surface area contributed by atoms with Crippen molar-refractivity contribution in [3.8, 4) is 0 Å². The second-order valence-corrected chi connectivity index (χ2v) is 5.24. The number of hydrogen-bond acceptors (Lipinski definition) is 3. The average Bonchev–Trinajstić information content (AvgIpc) is 3.04. The lowest BCUT2D eigenvalue weighted by Crippen LogP contribution is -1.85. The van der Waals surface area contributed by atoms with Crippen LogP contribution in [0.2, 0.25) is 0 Å². The van der Waals surface area contributed by atoms with Gasteiger partial charge in [0.1, 0.15) is 12.0 Å². The normalized spacial score (nSPS) is 11.5. The van der Waals surface area contributed by atoms with Gasteiger partial charge in [0.25, 0.3) is 0 Å². The number of benzene rings is 1. The van der Waals surface area contributed by atoms with Crippen molar-refractivity contribution in [2.45, 2.75) is 7.43 Å². The predicted octanol–water partition coefficient (Wildman–Crippen LogP) is 3.79. The second kappa shape index (κ2) is 4.27. The van der Waals surface area contributed by atoms with Gasteiger partial charge in [0.15, 0.2) is 0 Å². The van der Waals surface area contributed by atoms with E-state index in [1.807, 2.05) is 24.7 Å². The first kappa shape index (κ1) is 12.8. The highest BCUT2D eigenvalue weighted by Gasteiger charge is 2.14. The Morgan fingerprint density at radius 1 is 0.955 bits per heavy atom. The van der Waals surface area contributed by atoms with E-state index in [4.69, 9.17) is 0 Å². The van der Waals surface area contributed by atoms with Gasteiger partial charge in [-0.05, 0) is 18.2 Å². The summed E-state index contributed by atoms with van der Waals surface area (Å²) in [5.41, 5.74) is 4.33. The van der Waals surface area contributed by atoms with Crippen molar-refractivity contribution in [3.05, 3.63) is 43.1 Å². The number of pyridine rings is 1. The molecule has 5 heteroatoms. The Kier molecular flexibility index (Phi) is 2.48. The Hall–Kier alpha value is -2.95. The molecule has 0 aliphatic rings. The van der Waals surface area contributed by atoms with E-state index >= 15 is 0 Å². The van der Waals surface area contributed by atoms with Crippen LogP contribution in [0.3, 0.4) is 0 Å². The number of nitrogens with one attached hydrogen (secondary N) is 1. The number of aryl methyl sites for hydroxylation is 1. The van der Waals surface area contributed by atoms with Crippen LogP contribution < -0.4 is 0 Å². The van der Waals surface area contributed by atoms with Crippen molar-refractivity contribution in [1.82, 2.24) is 24.5 Å². The molecule has 0 unspecified atom stereocenters. The number of fused-ring (bicyclic) bond motifs is 7. The first-order chi connectivity index (χ1) is 10.3. The first-order valence-electron chi connectivity index (χ1n) is 6.77. The minimum absolute atomic E-state index is 0. The minimum atomic E-state index is 0. The van der Waals surface area contributed by atoms with E-state index in [1.54, 1.807) is 6.33 Å². The van der Waals surface area contributed by atoms with Gasteiger partial charge < -0.3 is 9.55 Å². The van der Waals surface area contributed by atoms with Crippen LogP contribution in [0, 0.1) is 0 Å². The largest absolute Gasteiger partial charge is 0.343 e. The molecule has 5 aromatic rings. The zero-order valence-electron chi connectivity index (χ0n) is 11.3. The van der Waals surface area contributed by atoms with Crippen molar-refractivity contribution in [1.29, 1.82) is 0 Å². The van der Waals surface area contributed by atoms with E-state index in [1.165, 1.54) is 16.4 Å². The summed E-state index contributed by atoms with van der Waals surface area (Å²) in [7, 11) is 2.08. The Balaban J connectivity index is 0.00000125. The van der Waals surface area contributed by atoms with Gasteiger partial charge in [-0.15, -0.1) is 0 Å². The number of nitrogens with zero attached hydrogens (tertiary/aromatic N) is 4. The Labute approximate surface area is 126 Å². The van der Waals surface area contributed by atoms with Crippen LogP contribution in [0.4, 0.5) is 0 Å². The molecule has 0 fully saturated rings. The molecular weight excluding hydrogens is 274 g/mol. The summed E-state index contributed by atoms with van der Waals surface area (Å²) >= 11 is 0. The molecule has 1 N–H and O–H groups in total. The molecule has 5 nitrogen and oxygen atoms in total. The number of hydrogen-bond donors (Lipinski definition) is 1. The first-order valence-corrected chi connectivity index (χ1v) is 6.77.